The largest absolute Gasteiger partial charge is 0.0619 e. The lowest BCUT2D eigenvalue weighted by molar-refractivity contribution is 0.660. The van der Waals surface area contributed by atoms with Crippen molar-refractivity contribution in [2.45, 2.75) is 19.3 Å². The third-order valence-electron chi connectivity index (χ3n) is 9.82. The highest BCUT2D eigenvalue weighted by atomic mass is 14.4. The minimum Gasteiger partial charge on any atom is -0.0619 e. The molecule has 0 nitrogen and oxygen atoms in total. The predicted molar refractivity (Wildman–Crippen MR) is 185 cm³/mol. The van der Waals surface area contributed by atoms with Crippen LogP contribution in [0.4, 0.5) is 0 Å². The maximum atomic E-state index is 2.44. The van der Waals surface area contributed by atoms with Crippen molar-refractivity contribution in [3.05, 3.63) is 157 Å². The van der Waals surface area contributed by atoms with Crippen molar-refractivity contribution in [1.82, 2.24) is 0 Å². The van der Waals surface area contributed by atoms with E-state index in [4.69, 9.17) is 0 Å². The quantitative estimate of drug-likeness (QED) is 0.189. The Morgan fingerprint density at radius 2 is 0.977 bits per heavy atom. The van der Waals surface area contributed by atoms with Gasteiger partial charge in [-0.1, -0.05) is 135 Å². The Hall–Kier alpha value is -5.20. The summed E-state index contributed by atoms with van der Waals surface area (Å²) in [5, 5.41) is 10.3. The van der Waals surface area contributed by atoms with Crippen LogP contribution in [0.25, 0.3) is 76.5 Å². The summed E-state index contributed by atoms with van der Waals surface area (Å²) in [4.78, 5) is 0. The molecule has 9 rings (SSSR count). The average molecular weight is 547 g/mol. The van der Waals surface area contributed by atoms with Crippen molar-refractivity contribution in [3.63, 3.8) is 0 Å². The van der Waals surface area contributed by atoms with Gasteiger partial charge >= 0.3 is 0 Å². The second-order valence-electron chi connectivity index (χ2n) is 12.5. The molecule has 0 spiro atoms. The van der Waals surface area contributed by atoms with E-state index in [0.29, 0.717) is 0 Å². The van der Waals surface area contributed by atoms with Crippen molar-refractivity contribution < 1.29 is 0 Å². The molecule has 0 bridgehead atoms. The first-order chi connectivity index (χ1) is 21.1. The molecule has 0 radical (unpaired) electrons. The van der Waals surface area contributed by atoms with E-state index in [0.717, 1.165) is 0 Å². The van der Waals surface area contributed by atoms with E-state index in [2.05, 4.69) is 159 Å². The van der Waals surface area contributed by atoms with Gasteiger partial charge < -0.3 is 0 Å². The SMILES string of the molecule is CC1(C)c2ccccc2-c2ccc(-c3cc(-c4cc5ccc6ccccc6c5c5ccccc45)c4ccccc4c3)cc21. The highest BCUT2D eigenvalue weighted by molar-refractivity contribution is 6.24. The summed E-state index contributed by atoms with van der Waals surface area (Å²) in [5.41, 5.74) is 10.6. The van der Waals surface area contributed by atoms with Gasteiger partial charge in [-0.25, -0.2) is 0 Å². The molecule has 1 aliphatic carbocycles. The summed E-state index contributed by atoms with van der Waals surface area (Å²) in [6, 6.07) is 54.3. The molecular formula is C43H30. The van der Waals surface area contributed by atoms with E-state index < -0.39 is 0 Å². The lowest BCUT2D eigenvalue weighted by Gasteiger charge is -2.22. The Bertz CT molecular complexity index is 2420. The third kappa shape index (κ3) is 3.50. The van der Waals surface area contributed by atoms with Gasteiger partial charge in [0.15, 0.2) is 0 Å². The second-order valence-corrected chi connectivity index (χ2v) is 12.5. The Labute approximate surface area is 251 Å². The van der Waals surface area contributed by atoms with Crippen LogP contribution in [0.1, 0.15) is 25.0 Å². The van der Waals surface area contributed by atoms with Crippen molar-refractivity contribution in [1.29, 1.82) is 0 Å². The van der Waals surface area contributed by atoms with Gasteiger partial charge in [0.1, 0.15) is 0 Å². The Kier molecular flexibility index (Phi) is 5.05. The lowest BCUT2D eigenvalue weighted by Crippen LogP contribution is -2.14. The third-order valence-corrected chi connectivity index (χ3v) is 9.82. The van der Waals surface area contributed by atoms with Crippen molar-refractivity contribution in [2.75, 3.05) is 0 Å². The summed E-state index contributed by atoms with van der Waals surface area (Å²) >= 11 is 0. The molecule has 0 heteroatoms. The molecule has 43 heavy (non-hydrogen) atoms. The van der Waals surface area contributed by atoms with Crippen LogP contribution in [0.2, 0.25) is 0 Å². The number of rotatable bonds is 2. The number of hydrogen-bond acceptors (Lipinski definition) is 0. The standard InChI is InChI=1S/C43H30/c1-43(2)40-18-10-9-16-35(40)36-22-21-28(26-41(36)43)31-23-29-12-4-5-13-32(29)38(25-31)39-24-30-20-19-27-11-3-6-14-33(27)42(30)37-17-8-7-15-34(37)39/h3-26H,1-2H3. The van der Waals surface area contributed by atoms with Gasteiger partial charge in [0.05, 0.1) is 0 Å². The van der Waals surface area contributed by atoms with Crippen molar-refractivity contribution in [2.24, 2.45) is 0 Å². The van der Waals surface area contributed by atoms with Gasteiger partial charge in [0.2, 0.25) is 0 Å². The molecule has 1 aliphatic rings. The Balaban J connectivity index is 1.32. The molecule has 8 aromatic rings. The first-order valence-corrected chi connectivity index (χ1v) is 15.2. The van der Waals surface area contributed by atoms with Gasteiger partial charge in [-0.2, -0.15) is 0 Å². The van der Waals surface area contributed by atoms with Gasteiger partial charge in [-0.05, 0) is 112 Å². The Morgan fingerprint density at radius 3 is 1.84 bits per heavy atom. The van der Waals surface area contributed by atoms with E-state index in [1.807, 2.05) is 0 Å². The first kappa shape index (κ1) is 24.4. The molecule has 0 N–H and O–H groups in total. The maximum absolute atomic E-state index is 2.44. The number of benzene rings is 8. The van der Waals surface area contributed by atoms with Gasteiger partial charge in [-0.15, -0.1) is 0 Å². The average Bonchev–Trinajstić information content (AvgIpc) is 3.29. The van der Waals surface area contributed by atoms with Crippen LogP contribution < -0.4 is 0 Å². The van der Waals surface area contributed by atoms with Gasteiger partial charge in [-0.3, -0.25) is 0 Å². The number of fused-ring (bicyclic) bond motifs is 9. The first-order valence-electron chi connectivity index (χ1n) is 15.2. The minimum atomic E-state index is -0.0288. The molecule has 0 unspecified atom stereocenters. The fourth-order valence-electron chi connectivity index (χ4n) is 7.69. The number of hydrogen-bond donors (Lipinski definition) is 0. The Morgan fingerprint density at radius 1 is 0.349 bits per heavy atom. The van der Waals surface area contributed by atoms with Crippen LogP contribution in [-0.4, -0.2) is 0 Å². The van der Waals surface area contributed by atoms with E-state index >= 15 is 0 Å². The normalized spacial score (nSPS) is 13.5. The van der Waals surface area contributed by atoms with Crippen LogP contribution in [0.3, 0.4) is 0 Å². The molecule has 0 atom stereocenters. The summed E-state index contributed by atoms with van der Waals surface area (Å²) in [6.07, 6.45) is 0. The minimum absolute atomic E-state index is 0.0288. The van der Waals surface area contributed by atoms with Crippen molar-refractivity contribution >= 4 is 43.1 Å². The molecule has 0 amide bonds. The maximum Gasteiger partial charge on any atom is 0.0159 e. The van der Waals surface area contributed by atoms with Crippen LogP contribution >= 0.6 is 0 Å². The summed E-state index contributed by atoms with van der Waals surface area (Å²) in [5.74, 6) is 0. The van der Waals surface area contributed by atoms with Crippen LogP contribution in [-0.2, 0) is 5.41 Å². The smallest absolute Gasteiger partial charge is 0.0159 e. The fraction of sp³-hybridized carbons (Fsp3) is 0.0698. The molecule has 202 valence electrons. The van der Waals surface area contributed by atoms with E-state index in [1.165, 1.54) is 87.6 Å². The summed E-state index contributed by atoms with van der Waals surface area (Å²) in [7, 11) is 0. The fourth-order valence-corrected chi connectivity index (χ4v) is 7.69. The molecule has 0 aromatic heterocycles. The molecule has 0 aliphatic heterocycles. The topological polar surface area (TPSA) is 0 Å². The molecule has 0 fully saturated rings. The molecule has 8 aromatic carbocycles. The molecule has 0 saturated carbocycles. The van der Waals surface area contributed by atoms with Gasteiger partial charge in [0, 0.05) is 5.41 Å². The van der Waals surface area contributed by atoms with Crippen molar-refractivity contribution in [3.8, 4) is 33.4 Å². The second kappa shape index (κ2) is 8.90. The summed E-state index contributed by atoms with van der Waals surface area (Å²) in [6.45, 7) is 4.72. The monoisotopic (exact) mass is 546 g/mol. The van der Waals surface area contributed by atoms with Crippen LogP contribution in [0.5, 0.6) is 0 Å². The van der Waals surface area contributed by atoms with E-state index in [1.54, 1.807) is 0 Å². The highest BCUT2D eigenvalue weighted by Gasteiger charge is 2.35. The van der Waals surface area contributed by atoms with Crippen LogP contribution in [0.15, 0.2) is 146 Å². The van der Waals surface area contributed by atoms with Crippen LogP contribution in [0, 0.1) is 0 Å². The van der Waals surface area contributed by atoms with Gasteiger partial charge in [0.25, 0.3) is 0 Å². The highest BCUT2D eigenvalue weighted by Crippen LogP contribution is 2.50. The zero-order valence-electron chi connectivity index (χ0n) is 24.4. The molecule has 0 heterocycles. The predicted octanol–water partition coefficient (Wildman–Crippen LogP) is 11.9. The van der Waals surface area contributed by atoms with E-state index in [-0.39, 0.29) is 5.41 Å². The van der Waals surface area contributed by atoms with E-state index in [9.17, 15) is 0 Å². The lowest BCUT2D eigenvalue weighted by atomic mass is 9.81. The zero-order valence-corrected chi connectivity index (χ0v) is 24.4. The molecule has 0 saturated heterocycles. The molecular weight excluding hydrogens is 516 g/mol. The summed E-state index contributed by atoms with van der Waals surface area (Å²) < 4.78 is 0. The zero-order chi connectivity index (χ0) is 28.7.